The summed E-state index contributed by atoms with van der Waals surface area (Å²) >= 11 is 0. The number of pyridine rings is 1. The third kappa shape index (κ3) is 2.97. The van der Waals surface area contributed by atoms with Gasteiger partial charge in [-0.25, -0.2) is 0 Å². The van der Waals surface area contributed by atoms with E-state index in [9.17, 15) is 0 Å². The molecule has 6 heteroatoms. The van der Waals surface area contributed by atoms with Gasteiger partial charge in [-0.05, 0) is 18.6 Å². The topological polar surface area (TPSA) is 78.0 Å². The smallest absolute Gasteiger partial charge is 0.134 e. The van der Waals surface area contributed by atoms with Crippen LogP contribution in [0.15, 0.2) is 30.6 Å². The summed E-state index contributed by atoms with van der Waals surface area (Å²) in [5.74, 6) is 0. The van der Waals surface area contributed by atoms with Gasteiger partial charge in [0.05, 0.1) is 24.1 Å². The van der Waals surface area contributed by atoms with Gasteiger partial charge >= 0.3 is 0 Å². The lowest BCUT2D eigenvalue weighted by molar-refractivity contribution is 0.0205. The molecule has 1 atom stereocenters. The van der Waals surface area contributed by atoms with Gasteiger partial charge in [-0.3, -0.25) is 9.67 Å². The van der Waals surface area contributed by atoms with E-state index in [-0.39, 0.29) is 6.10 Å². The highest BCUT2D eigenvalue weighted by atomic mass is 16.5. The van der Waals surface area contributed by atoms with Crippen LogP contribution in [0, 0.1) is 0 Å². The molecule has 3 rings (SSSR count). The van der Waals surface area contributed by atoms with Gasteiger partial charge in [0.1, 0.15) is 5.69 Å². The normalized spacial score (nSPS) is 19.1. The molecule has 2 aromatic rings. The van der Waals surface area contributed by atoms with Crippen molar-refractivity contribution in [3.05, 3.63) is 30.6 Å². The summed E-state index contributed by atoms with van der Waals surface area (Å²) in [6, 6.07) is 5.73. The first-order valence-corrected chi connectivity index (χ1v) is 6.89. The molecule has 6 nitrogen and oxygen atoms in total. The highest BCUT2D eigenvalue weighted by Crippen LogP contribution is 2.21. The number of nitrogens with zero attached hydrogens (tertiary/aromatic N) is 3. The number of nitrogens with two attached hydrogens (primary N) is 1. The Hall–Kier alpha value is -1.92. The summed E-state index contributed by atoms with van der Waals surface area (Å²) in [6.07, 6.45) is 4.79. The highest BCUT2D eigenvalue weighted by Gasteiger charge is 2.14. The third-order valence-corrected chi connectivity index (χ3v) is 3.38. The monoisotopic (exact) mass is 273 g/mol. The van der Waals surface area contributed by atoms with Crippen LogP contribution in [0.4, 0.5) is 5.69 Å². The molecule has 1 aliphatic rings. The number of aromatic nitrogens is 3. The average Bonchev–Trinajstić information content (AvgIpc) is 2.88. The number of hydrogen-bond donors (Lipinski definition) is 2. The van der Waals surface area contributed by atoms with Crippen LogP contribution in [0.1, 0.15) is 6.42 Å². The van der Waals surface area contributed by atoms with Crippen LogP contribution >= 0.6 is 0 Å². The predicted molar refractivity (Wildman–Crippen MR) is 77.1 cm³/mol. The first-order valence-electron chi connectivity index (χ1n) is 6.89. The number of nitrogens with one attached hydrogen (secondary N) is 1. The summed E-state index contributed by atoms with van der Waals surface area (Å²) < 4.78 is 7.55. The van der Waals surface area contributed by atoms with Crippen LogP contribution in [0.5, 0.6) is 0 Å². The van der Waals surface area contributed by atoms with Crippen molar-refractivity contribution in [3.8, 4) is 11.4 Å². The number of aryl methyl sites for hydroxylation is 1. The molecule has 20 heavy (non-hydrogen) atoms. The largest absolute Gasteiger partial charge is 0.396 e. The van der Waals surface area contributed by atoms with Gasteiger partial charge in [-0.15, -0.1) is 0 Å². The lowest BCUT2D eigenvalue weighted by Crippen LogP contribution is -2.38. The molecule has 2 aromatic heterocycles. The molecule has 3 heterocycles. The fourth-order valence-electron chi connectivity index (χ4n) is 2.33. The number of morpholine rings is 1. The minimum Gasteiger partial charge on any atom is -0.396 e. The summed E-state index contributed by atoms with van der Waals surface area (Å²) in [5, 5.41) is 7.84. The predicted octanol–water partition coefficient (Wildman–Crippen LogP) is 0.906. The maximum absolute atomic E-state index is 6.02. The van der Waals surface area contributed by atoms with E-state index >= 15 is 0 Å². The molecule has 1 saturated heterocycles. The van der Waals surface area contributed by atoms with E-state index in [1.54, 1.807) is 6.20 Å². The molecule has 0 bridgehead atoms. The first-order chi connectivity index (χ1) is 9.83. The van der Waals surface area contributed by atoms with Crippen molar-refractivity contribution in [3.63, 3.8) is 0 Å². The van der Waals surface area contributed by atoms with Crippen LogP contribution in [0.25, 0.3) is 11.4 Å². The fraction of sp³-hybridized carbons (Fsp3) is 0.429. The first kappa shape index (κ1) is 13.1. The lowest BCUT2D eigenvalue weighted by atomic mass is 10.2. The van der Waals surface area contributed by atoms with E-state index < -0.39 is 0 Å². The summed E-state index contributed by atoms with van der Waals surface area (Å²) in [6.45, 7) is 3.42. The van der Waals surface area contributed by atoms with Crippen molar-refractivity contribution in [2.75, 3.05) is 25.4 Å². The van der Waals surface area contributed by atoms with Crippen molar-refractivity contribution in [1.82, 2.24) is 20.1 Å². The van der Waals surface area contributed by atoms with E-state index in [0.717, 1.165) is 44.0 Å². The third-order valence-electron chi connectivity index (χ3n) is 3.38. The molecule has 0 saturated carbocycles. The Kier molecular flexibility index (Phi) is 3.94. The molecular weight excluding hydrogens is 254 g/mol. The van der Waals surface area contributed by atoms with E-state index in [1.165, 1.54) is 0 Å². The molecule has 1 unspecified atom stereocenters. The number of nitrogen functional groups attached to an aromatic ring is 1. The van der Waals surface area contributed by atoms with Crippen LogP contribution < -0.4 is 11.1 Å². The van der Waals surface area contributed by atoms with Crippen LogP contribution in [0.3, 0.4) is 0 Å². The Morgan fingerprint density at radius 2 is 2.40 bits per heavy atom. The number of hydrogen-bond acceptors (Lipinski definition) is 5. The zero-order valence-corrected chi connectivity index (χ0v) is 11.3. The van der Waals surface area contributed by atoms with Gasteiger partial charge in [0.25, 0.3) is 0 Å². The van der Waals surface area contributed by atoms with Crippen LogP contribution in [-0.2, 0) is 11.3 Å². The maximum Gasteiger partial charge on any atom is 0.134 e. The van der Waals surface area contributed by atoms with E-state index in [4.69, 9.17) is 10.5 Å². The van der Waals surface area contributed by atoms with E-state index in [1.807, 2.05) is 29.1 Å². The lowest BCUT2D eigenvalue weighted by Gasteiger charge is -2.23. The molecule has 0 aliphatic carbocycles. The Morgan fingerprint density at radius 1 is 1.45 bits per heavy atom. The van der Waals surface area contributed by atoms with Crippen molar-refractivity contribution < 1.29 is 4.74 Å². The second-order valence-electron chi connectivity index (χ2n) is 4.90. The maximum atomic E-state index is 6.02. The fourth-order valence-corrected chi connectivity index (χ4v) is 2.33. The Labute approximate surface area is 118 Å². The second kappa shape index (κ2) is 6.02. The summed E-state index contributed by atoms with van der Waals surface area (Å²) in [4.78, 5) is 4.28. The van der Waals surface area contributed by atoms with Crippen molar-refractivity contribution in [2.45, 2.75) is 19.1 Å². The molecule has 0 amide bonds. The van der Waals surface area contributed by atoms with Gasteiger partial charge in [0.15, 0.2) is 0 Å². The Morgan fingerprint density at radius 3 is 3.15 bits per heavy atom. The highest BCUT2D eigenvalue weighted by molar-refractivity contribution is 5.68. The standard InChI is InChI=1S/C14H19N5O/c15-12-10-19(7-4-11-9-16-6-8-20-11)18-14(12)13-3-1-2-5-17-13/h1-3,5,10-11,16H,4,6-9,15H2. The minimum absolute atomic E-state index is 0.257. The van der Waals surface area contributed by atoms with Gasteiger partial charge < -0.3 is 15.8 Å². The molecule has 1 aliphatic heterocycles. The zero-order chi connectivity index (χ0) is 13.8. The van der Waals surface area contributed by atoms with Crippen LogP contribution in [0.2, 0.25) is 0 Å². The summed E-state index contributed by atoms with van der Waals surface area (Å²) in [5.41, 5.74) is 8.22. The van der Waals surface area contributed by atoms with E-state index in [0.29, 0.717) is 5.69 Å². The second-order valence-corrected chi connectivity index (χ2v) is 4.90. The quantitative estimate of drug-likeness (QED) is 0.865. The Bertz CT molecular complexity index is 548. The SMILES string of the molecule is Nc1cn(CCC2CNCCO2)nc1-c1ccccn1. The van der Waals surface area contributed by atoms with Crippen molar-refractivity contribution in [2.24, 2.45) is 0 Å². The van der Waals surface area contributed by atoms with Crippen molar-refractivity contribution >= 4 is 5.69 Å². The zero-order valence-electron chi connectivity index (χ0n) is 11.3. The molecule has 1 fully saturated rings. The van der Waals surface area contributed by atoms with Crippen molar-refractivity contribution in [1.29, 1.82) is 0 Å². The molecule has 0 radical (unpaired) electrons. The molecule has 106 valence electrons. The average molecular weight is 273 g/mol. The number of rotatable bonds is 4. The van der Waals surface area contributed by atoms with Gasteiger partial charge in [-0.2, -0.15) is 5.10 Å². The molecular formula is C14H19N5O. The van der Waals surface area contributed by atoms with E-state index in [2.05, 4.69) is 15.4 Å². The molecule has 0 spiro atoms. The van der Waals surface area contributed by atoms with Crippen LogP contribution in [-0.4, -0.2) is 40.6 Å². The van der Waals surface area contributed by atoms with Gasteiger partial charge in [-0.1, -0.05) is 6.07 Å². The van der Waals surface area contributed by atoms with Gasteiger partial charge in [0.2, 0.25) is 0 Å². The number of anilines is 1. The number of ether oxygens (including phenoxy) is 1. The van der Waals surface area contributed by atoms with Gasteiger partial charge in [0, 0.05) is 32.0 Å². The molecule has 3 N–H and O–H groups in total. The summed E-state index contributed by atoms with van der Waals surface area (Å²) in [7, 11) is 0. The Balaban J connectivity index is 1.66. The molecule has 0 aromatic carbocycles. The minimum atomic E-state index is 0.257.